The first kappa shape index (κ1) is 23.1. The third kappa shape index (κ3) is 4.65. The molecule has 4 rings (SSSR count). The number of hydrogen-bond acceptors (Lipinski definition) is 5. The summed E-state index contributed by atoms with van der Waals surface area (Å²) in [5, 5.41) is 3.41. The predicted molar refractivity (Wildman–Crippen MR) is 131 cm³/mol. The van der Waals surface area contributed by atoms with Crippen LogP contribution in [0.25, 0.3) is 10.9 Å². The SMILES string of the molecule is COc1ccc(OC)c(NC(=O)Cn2cc(C(=O)c3ccccc3)c(=O)c3cc(Cl)ccc32)c1. The molecular weight excluding hydrogens is 456 g/mol. The number of fused-ring (bicyclic) bond motifs is 1. The van der Waals surface area contributed by atoms with E-state index < -0.39 is 11.2 Å². The van der Waals surface area contributed by atoms with Gasteiger partial charge in [-0.15, -0.1) is 0 Å². The second-order valence-electron chi connectivity index (χ2n) is 7.47. The summed E-state index contributed by atoms with van der Waals surface area (Å²) in [5.41, 5.74) is 0.788. The van der Waals surface area contributed by atoms with Gasteiger partial charge < -0.3 is 19.4 Å². The highest BCUT2D eigenvalue weighted by atomic mass is 35.5. The van der Waals surface area contributed by atoms with Gasteiger partial charge in [-0.3, -0.25) is 14.4 Å². The zero-order chi connectivity index (χ0) is 24.2. The molecule has 0 saturated carbocycles. The van der Waals surface area contributed by atoms with Gasteiger partial charge in [-0.25, -0.2) is 0 Å². The van der Waals surface area contributed by atoms with Crippen molar-refractivity contribution in [2.75, 3.05) is 19.5 Å². The van der Waals surface area contributed by atoms with Gasteiger partial charge in [-0.05, 0) is 30.3 Å². The number of nitrogens with one attached hydrogen (secondary N) is 1. The summed E-state index contributed by atoms with van der Waals surface area (Å²) in [4.78, 5) is 39.2. The van der Waals surface area contributed by atoms with E-state index in [-0.39, 0.29) is 23.4 Å². The van der Waals surface area contributed by atoms with Crippen molar-refractivity contribution in [1.82, 2.24) is 4.57 Å². The van der Waals surface area contributed by atoms with E-state index in [1.54, 1.807) is 65.2 Å². The van der Waals surface area contributed by atoms with E-state index in [1.165, 1.54) is 26.5 Å². The van der Waals surface area contributed by atoms with Crippen LogP contribution in [0.5, 0.6) is 11.5 Å². The van der Waals surface area contributed by atoms with Gasteiger partial charge in [0.25, 0.3) is 0 Å². The van der Waals surface area contributed by atoms with Crippen molar-refractivity contribution < 1.29 is 19.1 Å². The number of methoxy groups -OCH3 is 2. The van der Waals surface area contributed by atoms with E-state index in [1.807, 2.05) is 0 Å². The molecule has 0 aliphatic heterocycles. The Labute approximate surface area is 200 Å². The molecule has 1 aromatic heterocycles. The number of nitrogens with zero attached hydrogens (tertiary/aromatic N) is 1. The standard InChI is InChI=1S/C26H21ClN2O5/c1-33-18-9-11-23(34-2)21(13-18)28-24(30)15-29-14-20(25(31)16-6-4-3-5-7-16)26(32)19-12-17(27)8-10-22(19)29/h3-14H,15H2,1-2H3,(H,28,30). The van der Waals surface area contributed by atoms with Crippen LogP contribution in [-0.4, -0.2) is 30.5 Å². The highest BCUT2D eigenvalue weighted by Gasteiger charge is 2.19. The molecular formula is C26H21ClN2O5. The van der Waals surface area contributed by atoms with E-state index >= 15 is 0 Å². The number of ether oxygens (including phenoxy) is 2. The van der Waals surface area contributed by atoms with Gasteiger partial charge in [0.1, 0.15) is 18.0 Å². The van der Waals surface area contributed by atoms with Crippen LogP contribution in [0.3, 0.4) is 0 Å². The lowest BCUT2D eigenvalue weighted by Gasteiger charge is -2.15. The van der Waals surface area contributed by atoms with Crippen LogP contribution in [0.1, 0.15) is 15.9 Å². The van der Waals surface area contributed by atoms with Crippen LogP contribution < -0.4 is 20.2 Å². The number of aromatic nitrogens is 1. The molecule has 0 spiro atoms. The third-order valence-corrected chi connectivity index (χ3v) is 5.55. The fourth-order valence-electron chi connectivity index (χ4n) is 3.66. The third-order valence-electron chi connectivity index (χ3n) is 5.32. The highest BCUT2D eigenvalue weighted by Crippen LogP contribution is 2.29. The first-order valence-corrected chi connectivity index (χ1v) is 10.7. The zero-order valence-electron chi connectivity index (χ0n) is 18.5. The lowest BCUT2D eigenvalue weighted by atomic mass is 10.0. The van der Waals surface area contributed by atoms with Crippen LogP contribution in [0.2, 0.25) is 5.02 Å². The number of anilines is 1. The van der Waals surface area contributed by atoms with Crippen LogP contribution in [0.4, 0.5) is 5.69 Å². The van der Waals surface area contributed by atoms with Gasteiger partial charge in [-0.2, -0.15) is 0 Å². The monoisotopic (exact) mass is 476 g/mol. The molecule has 0 atom stereocenters. The van der Waals surface area contributed by atoms with Crippen molar-refractivity contribution in [3.63, 3.8) is 0 Å². The molecule has 0 fully saturated rings. The molecule has 1 N–H and O–H groups in total. The number of pyridine rings is 1. The number of hydrogen-bond donors (Lipinski definition) is 1. The van der Waals surface area contributed by atoms with Gasteiger partial charge >= 0.3 is 0 Å². The van der Waals surface area contributed by atoms with Gasteiger partial charge in [-0.1, -0.05) is 41.9 Å². The maximum atomic E-state index is 13.2. The summed E-state index contributed by atoms with van der Waals surface area (Å²) >= 11 is 6.13. The number of halogens is 1. The van der Waals surface area contributed by atoms with Crippen molar-refractivity contribution in [2.45, 2.75) is 6.54 Å². The van der Waals surface area contributed by atoms with Crippen molar-refractivity contribution >= 4 is 39.9 Å². The first-order valence-electron chi connectivity index (χ1n) is 10.4. The minimum atomic E-state index is -0.447. The lowest BCUT2D eigenvalue weighted by Crippen LogP contribution is -2.24. The number of ketones is 1. The molecule has 8 heteroatoms. The van der Waals surface area contributed by atoms with Crippen LogP contribution in [0.15, 0.2) is 77.7 Å². The summed E-state index contributed by atoms with van der Waals surface area (Å²) in [6.45, 7) is -0.159. The number of carbonyl (C=O) groups is 2. The van der Waals surface area contributed by atoms with Crippen molar-refractivity contribution in [2.24, 2.45) is 0 Å². The van der Waals surface area contributed by atoms with Crippen LogP contribution >= 0.6 is 11.6 Å². The number of rotatable bonds is 7. The quantitative estimate of drug-likeness (QED) is 0.396. The molecule has 0 aliphatic carbocycles. The maximum absolute atomic E-state index is 13.2. The lowest BCUT2D eigenvalue weighted by molar-refractivity contribution is -0.116. The molecule has 34 heavy (non-hydrogen) atoms. The zero-order valence-corrected chi connectivity index (χ0v) is 19.3. The van der Waals surface area contributed by atoms with Gasteiger partial charge in [0.2, 0.25) is 11.3 Å². The molecule has 0 bridgehead atoms. The fourth-order valence-corrected chi connectivity index (χ4v) is 3.84. The summed E-state index contributed by atoms with van der Waals surface area (Å²) in [6.07, 6.45) is 1.41. The van der Waals surface area contributed by atoms with Gasteiger partial charge in [0, 0.05) is 28.2 Å². The van der Waals surface area contributed by atoms with E-state index in [2.05, 4.69) is 5.32 Å². The average Bonchev–Trinajstić information content (AvgIpc) is 2.85. The number of amides is 1. The van der Waals surface area contributed by atoms with E-state index in [0.29, 0.717) is 33.3 Å². The predicted octanol–water partition coefficient (Wildman–Crippen LogP) is 4.54. The van der Waals surface area contributed by atoms with Crippen molar-refractivity contribution in [3.05, 3.63) is 99.3 Å². The summed E-state index contributed by atoms with van der Waals surface area (Å²) in [7, 11) is 3.02. The summed E-state index contributed by atoms with van der Waals surface area (Å²) in [5.74, 6) is 0.196. The van der Waals surface area contributed by atoms with Crippen molar-refractivity contribution in [1.29, 1.82) is 0 Å². The molecule has 0 unspecified atom stereocenters. The molecule has 0 radical (unpaired) electrons. The largest absolute Gasteiger partial charge is 0.497 e. The van der Waals surface area contributed by atoms with E-state index in [4.69, 9.17) is 21.1 Å². The number of carbonyl (C=O) groups excluding carboxylic acids is 2. The second kappa shape index (κ2) is 9.80. The van der Waals surface area contributed by atoms with E-state index in [0.717, 1.165) is 0 Å². The smallest absolute Gasteiger partial charge is 0.244 e. The Balaban J connectivity index is 1.75. The Bertz CT molecular complexity index is 1450. The molecule has 4 aromatic rings. The maximum Gasteiger partial charge on any atom is 0.244 e. The Morgan fingerprint density at radius 1 is 0.971 bits per heavy atom. The molecule has 1 amide bonds. The minimum absolute atomic E-state index is 0.0484. The molecule has 3 aromatic carbocycles. The molecule has 7 nitrogen and oxygen atoms in total. The summed E-state index contributed by atoms with van der Waals surface area (Å²) < 4.78 is 12.1. The fraction of sp³-hybridized carbons (Fsp3) is 0.115. The molecule has 0 saturated heterocycles. The Hall–Kier alpha value is -4.10. The van der Waals surface area contributed by atoms with Gasteiger partial charge in [0.05, 0.1) is 31.0 Å². The van der Waals surface area contributed by atoms with Gasteiger partial charge in [0.15, 0.2) is 5.78 Å². The summed E-state index contributed by atoms with van der Waals surface area (Å²) in [6, 6.07) is 18.3. The van der Waals surface area contributed by atoms with Crippen LogP contribution in [-0.2, 0) is 11.3 Å². The second-order valence-corrected chi connectivity index (χ2v) is 7.91. The normalized spacial score (nSPS) is 10.7. The highest BCUT2D eigenvalue weighted by molar-refractivity contribution is 6.31. The van der Waals surface area contributed by atoms with Crippen LogP contribution in [0, 0.1) is 0 Å². The number of benzene rings is 3. The Kier molecular flexibility index (Phi) is 6.65. The first-order chi connectivity index (χ1) is 16.4. The van der Waals surface area contributed by atoms with Crippen molar-refractivity contribution in [3.8, 4) is 11.5 Å². The topological polar surface area (TPSA) is 86.6 Å². The molecule has 1 heterocycles. The Morgan fingerprint density at radius 3 is 2.44 bits per heavy atom. The molecule has 0 aliphatic rings. The minimum Gasteiger partial charge on any atom is -0.497 e. The van der Waals surface area contributed by atoms with E-state index in [9.17, 15) is 14.4 Å². The average molecular weight is 477 g/mol. The molecule has 172 valence electrons. The Morgan fingerprint density at radius 2 is 1.74 bits per heavy atom.